The molecule has 3 N–H and O–H groups in total. The molecule has 0 fully saturated rings. The molecule has 1 amide bonds. The summed E-state index contributed by atoms with van der Waals surface area (Å²) < 4.78 is 2.98. The van der Waals surface area contributed by atoms with Crippen LogP contribution in [-0.4, -0.2) is 15.5 Å². The van der Waals surface area contributed by atoms with E-state index < -0.39 is 0 Å². The third kappa shape index (κ3) is 4.62. The summed E-state index contributed by atoms with van der Waals surface area (Å²) >= 11 is 3.53. The van der Waals surface area contributed by atoms with Crippen molar-refractivity contribution in [2.75, 3.05) is 5.32 Å². The van der Waals surface area contributed by atoms with Crippen molar-refractivity contribution in [2.45, 2.75) is 33.4 Å². The Kier molecular flexibility index (Phi) is 6.46. The van der Waals surface area contributed by atoms with Crippen LogP contribution in [0.15, 0.2) is 70.1 Å². The largest absolute Gasteiger partial charge is 0.355 e. The predicted octanol–water partition coefficient (Wildman–Crippen LogP) is 5.48. The molecule has 2 aromatic carbocycles. The summed E-state index contributed by atoms with van der Waals surface area (Å²) in [7, 11) is 0. The van der Waals surface area contributed by atoms with Crippen LogP contribution in [0.3, 0.4) is 0 Å². The number of aromatic amines is 1. The lowest BCUT2D eigenvalue weighted by Crippen LogP contribution is -2.28. The highest BCUT2D eigenvalue weighted by atomic mass is 79.9. The molecule has 2 aromatic heterocycles. The van der Waals surface area contributed by atoms with Crippen molar-refractivity contribution in [3.05, 3.63) is 92.4 Å². The van der Waals surface area contributed by atoms with E-state index in [9.17, 15) is 9.59 Å². The molecule has 4 rings (SSSR count). The molecule has 0 saturated heterocycles. The van der Waals surface area contributed by atoms with Crippen molar-refractivity contribution < 1.29 is 4.79 Å². The molecule has 0 unspecified atom stereocenters. The van der Waals surface area contributed by atoms with E-state index in [4.69, 9.17) is 0 Å². The van der Waals surface area contributed by atoms with E-state index in [2.05, 4.69) is 43.0 Å². The quantitative estimate of drug-likeness (QED) is 0.319. The second kappa shape index (κ2) is 9.44. The van der Waals surface area contributed by atoms with Crippen LogP contribution in [0.4, 0.5) is 11.4 Å². The number of anilines is 2. The summed E-state index contributed by atoms with van der Waals surface area (Å²) in [4.78, 5) is 28.6. The molecule has 0 saturated carbocycles. The van der Waals surface area contributed by atoms with Crippen LogP contribution in [0.1, 0.15) is 35.0 Å². The zero-order valence-electron chi connectivity index (χ0n) is 18.0. The van der Waals surface area contributed by atoms with Crippen LogP contribution in [-0.2, 0) is 13.1 Å². The topological polar surface area (TPSA) is 78.9 Å². The maximum atomic E-state index is 13.1. The normalized spacial score (nSPS) is 11.0. The van der Waals surface area contributed by atoms with Crippen molar-refractivity contribution in [3.63, 3.8) is 0 Å². The van der Waals surface area contributed by atoms with Gasteiger partial charge in [-0.15, -0.1) is 0 Å². The molecule has 0 bridgehead atoms. The number of halogens is 1. The molecular weight excluding hydrogens is 468 g/mol. The summed E-state index contributed by atoms with van der Waals surface area (Å²) in [5.41, 5.74) is 4.12. The van der Waals surface area contributed by atoms with Gasteiger partial charge >= 0.3 is 0 Å². The third-order valence-electron chi connectivity index (χ3n) is 5.31. The van der Waals surface area contributed by atoms with Crippen LogP contribution in [0, 0.1) is 6.92 Å². The number of fused-ring (bicyclic) bond motifs is 1. The van der Waals surface area contributed by atoms with Crippen molar-refractivity contribution in [3.8, 4) is 0 Å². The van der Waals surface area contributed by atoms with Gasteiger partial charge < -0.3 is 20.2 Å². The highest BCUT2D eigenvalue weighted by Crippen LogP contribution is 2.26. The van der Waals surface area contributed by atoms with Crippen LogP contribution in [0.5, 0.6) is 0 Å². The van der Waals surface area contributed by atoms with E-state index in [0.29, 0.717) is 16.8 Å². The molecule has 4 aromatic rings. The first-order chi connectivity index (χ1) is 15.5. The van der Waals surface area contributed by atoms with E-state index in [1.54, 1.807) is 0 Å². The van der Waals surface area contributed by atoms with Gasteiger partial charge in [0.05, 0.1) is 17.8 Å². The molecule has 0 atom stereocenters. The number of carbonyl (C=O) groups excluding carboxylic acids is 1. The Bertz CT molecular complexity index is 1330. The van der Waals surface area contributed by atoms with E-state index >= 15 is 0 Å². The third-order valence-corrected chi connectivity index (χ3v) is 5.77. The molecule has 0 aliphatic heterocycles. The summed E-state index contributed by atoms with van der Waals surface area (Å²) in [6.45, 7) is 4.94. The van der Waals surface area contributed by atoms with Gasteiger partial charge in [0.2, 0.25) is 0 Å². The number of hydrogen-bond acceptors (Lipinski definition) is 3. The number of carbonyl (C=O) groups is 1. The standard InChI is InChI=1S/C25H25BrN4O2/c1-3-10-30-11-9-19-20(13-17(26)14-23(19)30)24(31)27-15-21-22(12-16(2)28-25(21)32)29-18-7-5-4-6-8-18/h4-9,11-14H,3,10,15H2,1-2H3,(H,27,31)(H2,28,29,32). The Morgan fingerprint density at radius 3 is 2.66 bits per heavy atom. The summed E-state index contributed by atoms with van der Waals surface area (Å²) in [5.74, 6) is -0.226. The highest BCUT2D eigenvalue weighted by molar-refractivity contribution is 9.10. The molecular formula is C25H25BrN4O2. The molecule has 164 valence electrons. The Hall–Kier alpha value is -3.32. The maximum absolute atomic E-state index is 13.1. The number of rotatable bonds is 7. The van der Waals surface area contributed by atoms with Crippen LogP contribution in [0.25, 0.3) is 10.9 Å². The zero-order chi connectivity index (χ0) is 22.7. The number of aryl methyl sites for hydroxylation is 2. The minimum absolute atomic E-state index is 0.104. The monoisotopic (exact) mass is 492 g/mol. The molecule has 0 aliphatic carbocycles. The Labute approximate surface area is 194 Å². The lowest BCUT2D eigenvalue weighted by molar-refractivity contribution is 0.0952. The number of para-hydroxylation sites is 1. The van der Waals surface area contributed by atoms with Crippen molar-refractivity contribution >= 4 is 44.1 Å². The van der Waals surface area contributed by atoms with Crippen molar-refractivity contribution in [1.29, 1.82) is 0 Å². The SMILES string of the molecule is CCCn1ccc2c(C(=O)NCc3c(Nc4ccccc4)cc(C)[nH]c3=O)cc(Br)cc21. The number of H-pyrrole nitrogens is 1. The number of benzene rings is 2. The van der Waals surface area contributed by atoms with E-state index in [-0.39, 0.29) is 18.0 Å². The van der Waals surface area contributed by atoms with E-state index in [1.807, 2.05) is 67.7 Å². The minimum atomic E-state index is -0.226. The first kappa shape index (κ1) is 21.9. The smallest absolute Gasteiger partial charge is 0.255 e. The summed E-state index contributed by atoms with van der Waals surface area (Å²) in [5, 5.41) is 7.11. The van der Waals surface area contributed by atoms with Gasteiger partial charge in [0.1, 0.15) is 0 Å². The number of nitrogens with one attached hydrogen (secondary N) is 3. The Morgan fingerprint density at radius 1 is 1.12 bits per heavy atom. The van der Waals surface area contributed by atoms with Gasteiger partial charge in [0.25, 0.3) is 11.5 Å². The van der Waals surface area contributed by atoms with Crippen molar-refractivity contribution in [2.24, 2.45) is 0 Å². The zero-order valence-corrected chi connectivity index (χ0v) is 19.6. The second-order valence-electron chi connectivity index (χ2n) is 7.74. The first-order valence-corrected chi connectivity index (χ1v) is 11.4. The maximum Gasteiger partial charge on any atom is 0.255 e. The van der Waals surface area contributed by atoms with E-state index in [0.717, 1.165) is 39.7 Å². The number of aromatic nitrogens is 2. The fourth-order valence-electron chi connectivity index (χ4n) is 3.83. The fourth-order valence-corrected chi connectivity index (χ4v) is 4.28. The molecule has 7 heteroatoms. The molecule has 32 heavy (non-hydrogen) atoms. The number of pyridine rings is 1. The lowest BCUT2D eigenvalue weighted by Gasteiger charge is -2.14. The van der Waals surface area contributed by atoms with Crippen LogP contribution in [0.2, 0.25) is 0 Å². The van der Waals surface area contributed by atoms with Crippen LogP contribution >= 0.6 is 15.9 Å². The number of nitrogens with zero attached hydrogens (tertiary/aromatic N) is 1. The molecule has 0 aliphatic rings. The molecule has 0 spiro atoms. The van der Waals surface area contributed by atoms with Gasteiger partial charge in [-0.05, 0) is 49.7 Å². The van der Waals surface area contributed by atoms with Crippen LogP contribution < -0.4 is 16.2 Å². The summed E-state index contributed by atoms with van der Waals surface area (Å²) in [6, 6.07) is 17.3. The lowest BCUT2D eigenvalue weighted by atomic mass is 10.1. The molecule has 2 heterocycles. The molecule has 6 nitrogen and oxygen atoms in total. The van der Waals surface area contributed by atoms with E-state index in [1.165, 1.54) is 0 Å². The minimum Gasteiger partial charge on any atom is -0.355 e. The summed E-state index contributed by atoms with van der Waals surface area (Å²) in [6.07, 6.45) is 3.01. The molecule has 0 radical (unpaired) electrons. The van der Waals surface area contributed by atoms with Gasteiger partial charge in [0, 0.05) is 45.1 Å². The first-order valence-electron chi connectivity index (χ1n) is 10.6. The van der Waals surface area contributed by atoms with Gasteiger partial charge in [-0.2, -0.15) is 0 Å². The average Bonchev–Trinajstić information content (AvgIpc) is 3.16. The van der Waals surface area contributed by atoms with Gasteiger partial charge in [-0.25, -0.2) is 0 Å². The number of amides is 1. The fraction of sp³-hybridized carbons (Fsp3) is 0.200. The average molecular weight is 493 g/mol. The number of hydrogen-bond donors (Lipinski definition) is 3. The van der Waals surface area contributed by atoms with Gasteiger partial charge in [-0.1, -0.05) is 41.1 Å². The van der Waals surface area contributed by atoms with Gasteiger partial charge in [-0.3, -0.25) is 9.59 Å². The predicted molar refractivity (Wildman–Crippen MR) is 133 cm³/mol. The highest BCUT2D eigenvalue weighted by Gasteiger charge is 2.16. The Morgan fingerprint density at radius 2 is 1.91 bits per heavy atom. The van der Waals surface area contributed by atoms with Gasteiger partial charge in [0.15, 0.2) is 0 Å². The van der Waals surface area contributed by atoms with Crippen molar-refractivity contribution in [1.82, 2.24) is 14.9 Å². The Balaban J connectivity index is 1.62. The second-order valence-corrected chi connectivity index (χ2v) is 8.66.